The average molecular weight is 495 g/mol. The summed E-state index contributed by atoms with van der Waals surface area (Å²) in [5.41, 5.74) is 2.73. The molecule has 0 N–H and O–H groups in total. The van der Waals surface area contributed by atoms with Crippen molar-refractivity contribution in [2.24, 2.45) is 0 Å². The number of rotatable bonds is 8. The van der Waals surface area contributed by atoms with Crippen molar-refractivity contribution in [3.8, 4) is 0 Å². The Hall–Kier alpha value is -2.45. The molecule has 0 aliphatic carbocycles. The van der Waals surface area contributed by atoms with Crippen molar-refractivity contribution in [3.05, 3.63) is 59.2 Å². The van der Waals surface area contributed by atoms with Crippen molar-refractivity contribution in [1.82, 2.24) is 4.31 Å². The first kappa shape index (κ1) is 27.8. The van der Waals surface area contributed by atoms with Crippen LogP contribution in [0.3, 0.4) is 0 Å². The predicted molar refractivity (Wildman–Crippen MR) is 136 cm³/mol. The summed E-state index contributed by atoms with van der Waals surface area (Å²) in [6.45, 7) is 8.39. The summed E-state index contributed by atoms with van der Waals surface area (Å²) >= 11 is 0. The molecule has 1 unspecified atom stereocenters. The highest BCUT2D eigenvalue weighted by Gasteiger charge is 2.34. The van der Waals surface area contributed by atoms with Gasteiger partial charge in [0.2, 0.25) is 0 Å². The van der Waals surface area contributed by atoms with Gasteiger partial charge < -0.3 is 9.64 Å². The number of benzene rings is 2. The van der Waals surface area contributed by atoms with Crippen LogP contribution < -0.4 is 4.90 Å². The van der Waals surface area contributed by atoms with Crippen LogP contribution in [-0.4, -0.2) is 47.0 Å². The maximum Gasteiger partial charge on any atom is 0.293 e. The van der Waals surface area contributed by atoms with Gasteiger partial charge in [0, 0.05) is 49.9 Å². The van der Waals surface area contributed by atoms with E-state index in [1.165, 1.54) is 18.2 Å². The van der Waals surface area contributed by atoms with Crippen molar-refractivity contribution in [3.63, 3.8) is 0 Å². The molecule has 1 fully saturated rings. The van der Waals surface area contributed by atoms with Gasteiger partial charge in [-0.25, -0.2) is 17.3 Å². The first-order valence-electron chi connectivity index (χ1n) is 11.5. The molecule has 188 valence electrons. The monoisotopic (exact) mass is 494 g/mol. The van der Waals surface area contributed by atoms with Crippen LogP contribution in [0.4, 0.5) is 14.5 Å². The molecule has 2 aromatic carbocycles. The first-order valence-corrected chi connectivity index (χ1v) is 13.2. The van der Waals surface area contributed by atoms with Gasteiger partial charge >= 0.3 is 0 Å². The van der Waals surface area contributed by atoms with Gasteiger partial charge in [-0.3, -0.25) is 4.79 Å². The normalized spacial score (nSPS) is 16.7. The van der Waals surface area contributed by atoms with E-state index >= 15 is 0 Å². The van der Waals surface area contributed by atoms with Gasteiger partial charge in [-0.2, -0.15) is 0 Å². The van der Waals surface area contributed by atoms with Gasteiger partial charge in [-0.05, 0) is 37.8 Å². The molecule has 1 aliphatic heterocycles. The summed E-state index contributed by atoms with van der Waals surface area (Å²) in [7, 11) is -1.05. The lowest BCUT2D eigenvalue weighted by Crippen LogP contribution is -2.46. The van der Waals surface area contributed by atoms with E-state index in [1.54, 1.807) is 10.4 Å². The zero-order chi connectivity index (χ0) is 25.5. The van der Waals surface area contributed by atoms with Gasteiger partial charge in [0.25, 0.3) is 12.4 Å². The number of aryl methyl sites for hydroxylation is 1. The highest BCUT2D eigenvalue weighted by Crippen LogP contribution is 2.35. The number of halogens is 2. The summed E-state index contributed by atoms with van der Waals surface area (Å²) in [5.74, 6) is 0.785. The standard InChI is InChI=1S/C24H30F2N2O3S.C2H6/c1-18-9-10-22(19(15-18)16-31-17-29)27(3)20-11-13-28(14-12-20)32(4,30)23-8-6-5-7-21(23)24(2,25)26;1-2/h5-10,15,17,20H,4,11-14,16H2,1-3H3;1-2H3. The van der Waals surface area contributed by atoms with Crippen LogP contribution in [0.25, 0.3) is 0 Å². The molecule has 0 saturated carbocycles. The second kappa shape index (κ2) is 11.8. The molecule has 1 atom stereocenters. The highest BCUT2D eigenvalue weighted by molar-refractivity contribution is 7.98. The van der Waals surface area contributed by atoms with E-state index in [0.29, 0.717) is 32.4 Å². The van der Waals surface area contributed by atoms with Crippen LogP contribution in [-0.2, 0) is 31.8 Å². The van der Waals surface area contributed by atoms with Crippen molar-refractivity contribution in [2.75, 3.05) is 25.0 Å². The second-order valence-electron chi connectivity index (χ2n) is 8.34. The van der Waals surface area contributed by atoms with Crippen LogP contribution in [0.2, 0.25) is 0 Å². The average Bonchev–Trinajstić information content (AvgIpc) is 2.83. The smallest absolute Gasteiger partial charge is 0.293 e. The van der Waals surface area contributed by atoms with Crippen molar-refractivity contribution in [2.45, 2.75) is 64.0 Å². The summed E-state index contributed by atoms with van der Waals surface area (Å²) in [5, 5.41) is 0. The number of carbonyl (C=O) groups is 1. The molecule has 1 aliphatic rings. The molecule has 8 heteroatoms. The number of hydrogen-bond acceptors (Lipinski definition) is 4. The minimum atomic E-state index is -3.10. The van der Waals surface area contributed by atoms with Crippen LogP contribution in [0.1, 0.15) is 50.3 Å². The zero-order valence-corrected chi connectivity index (χ0v) is 21.5. The molecular formula is C26H36F2N2O3S. The van der Waals surface area contributed by atoms with Gasteiger partial charge in [-0.1, -0.05) is 49.7 Å². The molecule has 0 spiro atoms. The van der Waals surface area contributed by atoms with E-state index < -0.39 is 15.6 Å². The quantitative estimate of drug-likeness (QED) is 0.364. The lowest BCUT2D eigenvalue weighted by atomic mass is 10.0. The minimum Gasteiger partial charge on any atom is -0.463 e. The molecule has 0 amide bonds. The van der Waals surface area contributed by atoms with Gasteiger partial charge in [-0.15, -0.1) is 0 Å². The summed E-state index contributed by atoms with van der Waals surface area (Å²) in [6, 6.07) is 12.1. The maximum atomic E-state index is 14.1. The zero-order valence-electron chi connectivity index (χ0n) is 20.7. The van der Waals surface area contributed by atoms with Crippen molar-refractivity contribution < 1.29 is 22.5 Å². The Labute approximate surface area is 202 Å². The van der Waals surface area contributed by atoms with Crippen LogP contribution in [0, 0.1) is 6.92 Å². The maximum absolute atomic E-state index is 14.1. The molecule has 0 bridgehead atoms. The van der Waals surface area contributed by atoms with Crippen molar-refractivity contribution in [1.29, 1.82) is 0 Å². The van der Waals surface area contributed by atoms with E-state index in [1.807, 2.05) is 46.0 Å². The molecule has 34 heavy (non-hydrogen) atoms. The van der Waals surface area contributed by atoms with Gasteiger partial charge in [0.05, 0.1) is 14.6 Å². The Morgan fingerprint density at radius 3 is 2.41 bits per heavy atom. The number of alkyl halides is 2. The van der Waals surface area contributed by atoms with Crippen LogP contribution >= 0.6 is 0 Å². The molecule has 2 aromatic rings. The number of nitrogens with zero attached hydrogens (tertiary/aromatic N) is 2. The molecule has 0 radical (unpaired) electrons. The third kappa shape index (κ3) is 6.36. The third-order valence-electron chi connectivity index (χ3n) is 6.01. The molecule has 0 aromatic heterocycles. The Kier molecular flexibility index (Phi) is 9.64. The number of piperidine rings is 1. The molecule has 3 rings (SSSR count). The van der Waals surface area contributed by atoms with E-state index in [-0.39, 0.29) is 23.1 Å². The SMILES string of the molecule is C=S(=O)(c1ccccc1C(C)(F)F)N1CCC(N(C)c2ccc(C)cc2COC=O)CC1.CC. The minimum absolute atomic E-state index is 0.103. The number of hydrogen-bond donors (Lipinski definition) is 0. The van der Waals surface area contributed by atoms with Gasteiger partial charge in [0.15, 0.2) is 0 Å². The summed E-state index contributed by atoms with van der Waals surface area (Å²) < 4.78 is 48.5. The highest BCUT2D eigenvalue weighted by atomic mass is 32.2. The topological polar surface area (TPSA) is 49.9 Å². The van der Waals surface area contributed by atoms with Crippen LogP contribution in [0.5, 0.6) is 0 Å². The number of anilines is 1. The molecule has 5 nitrogen and oxygen atoms in total. The summed E-state index contributed by atoms with van der Waals surface area (Å²) in [6.07, 6.45) is 1.41. The fraction of sp³-hybridized carbons (Fsp3) is 0.462. The van der Waals surface area contributed by atoms with Gasteiger partial charge in [0.1, 0.15) is 6.61 Å². The lowest BCUT2D eigenvalue weighted by molar-refractivity contribution is -0.129. The first-order chi connectivity index (χ1) is 16.1. The Morgan fingerprint density at radius 2 is 1.82 bits per heavy atom. The fourth-order valence-electron chi connectivity index (χ4n) is 4.27. The Morgan fingerprint density at radius 1 is 1.21 bits per heavy atom. The fourth-order valence-corrected chi connectivity index (χ4v) is 6.23. The second-order valence-corrected chi connectivity index (χ2v) is 10.6. The molecular weight excluding hydrogens is 458 g/mol. The van der Waals surface area contributed by atoms with Crippen LogP contribution in [0.15, 0.2) is 47.4 Å². The Balaban J connectivity index is 0.00000199. The van der Waals surface area contributed by atoms with E-state index in [4.69, 9.17) is 4.74 Å². The summed E-state index contributed by atoms with van der Waals surface area (Å²) in [4.78, 5) is 12.9. The van der Waals surface area contributed by atoms with E-state index in [9.17, 15) is 17.8 Å². The molecule has 1 heterocycles. The third-order valence-corrected chi connectivity index (χ3v) is 8.26. The van der Waals surface area contributed by atoms with Crippen molar-refractivity contribution >= 4 is 27.7 Å². The molecule has 1 saturated heterocycles. The predicted octanol–water partition coefficient (Wildman–Crippen LogP) is 5.40. The number of carbonyl (C=O) groups excluding carboxylic acids is 1. The van der Waals surface area contributed by atoms with E-state index in [2.05, 4.69) is 10.8 Å². The Bertz CT molecular complexity index is 1060. The number of ether oxygens (including phenoxy) is 1. The largest absolute Gasteiger partial charge is 0.463 e. The lowest BCUT2D eigenvalue weighted by Gasteiger charge is -2.39. The van der Waals surface area contributed by atoms with E-state index in [0.717, 1.165) is 23.7 Å².